The molecule has 1 aliphatic rings. The third kappa shape index (κ3) is 1.87. The standard InChI is InChI=1S/C12H22N2O2/c1-5-7-14-10(15)12(13)8-9(16-6-2)11(12,3)4/h5,9H,1,6-8,13H2,2-4H3,(H,14,15). The van der Waals surface area contributed by atoms with Crippen LogP contribution in [0.15, 0.2) is 12.7 Å². The summed E-state index contributed by atoms with van der Waals surface area (Å²) < 4.78 is 5.56. The molecule has 16 heavy (non-hydrogen) atoms. The maximum Gasteiger partial charge on any atom is 0.241 e. The van der Waals surface area contributed by atoms with Crippen molar-refractivity contribution in [3.05, 3.63) is 12.7 Å². The molecule has 1 fully saturated rings. The van der Waals surface area contributed by atoms with Gasteiger partial charge in [0.05, 0.1) is 6.10 Å². The van der Waals surface area contributed by atoms with Gasteiger partial charge in [-0.2, -0.15) is 0 Å². The molecule has 1 aliphatic carbocycles. The second kappa shape index (κ2) is 4.55. The number of amides is 1. The minimum Gasteiger partial charge on any atom is -0.378 e. The van der Waals surface area contributed by atoms with Gasteiger partial charge < -0.3 is 15.8 Å². The SMILES string of the molecule is C=CCNC(=O)C1(N)CC(OCC)C1(C)C. The highest BCUT2D eigenvalue weighted by Gasteiger charge is 2.62. The van der Waals surface area contributed by atoms with Gasteiger partial charge in [0.15, 0.2) is 0 Å². The van der Waals surface area contributed by atoms with E-state index < -0.39 is 5.54 Å². The Labute approximate surface area is 97.2 Å². The summed E-state index contributed by atoms with van der Waals surface area (Å²) in [6.45, 7) is 10.6. The highest BCUT2D eigenvalue weighted by Crippen LogP contribution is 2.49. The number of carbonyl (C=O) groups is 1. The minimum atomic E-state index is -0.824. The Balaban J connectivity index is 2.67. The van der Waals surface area contributed by atoms with Crippen molar-refractivity contribution in [1.82, 2.24) is 5.32 Å². The minimum absolute atomic E-state index is 0.0666. The molecule has 0 aliphatic heterocycles. The molecule has 4 nitrogen and oxygen atoms in total. The highest BCUT2D eigenvalue weighted by molar-refractivity contribution is 5.88. The highest BCUT2D eigenvalue weighted by atomic mass is 16.5. The van der Waals surface area contributed by atoms with E-state index in [0.29, 0.717) is 19.6 Å². The first kappa shape index (κ1) is 13.2. The van der Waals surface area contributed by atoms with Crippen molar-refractivity contribution in [1.29, 1.82) is 0 Å². The van der Waals surface area contributed by atoms with E-state index in [1.54, 1.807) is 6.08 Å². The van der Waals surface area contributed by atoms with E-state index in [0.717, 1.165) is 0 Å². The van der Waals surface area contributed by atoms with Crippen molar-refractivity contribution in [2.75, 3.05) is 13.2 Å². The van der Waals surface area contributed by atoms with Crippen LogP contribution < -0.4 is 11.1 Å². The Morgan fingerprint density at radius 1 is 1.69 bits per heavy atom. The van der Waals surface area contributed by atoms with Gasteiger partial charge in [-0.15, -0.1) is 6.58 Å². The molecule has 1 amide bonds. The van der Waals surface area contributed by atoms with Gasteiger partial charge in [-0.3, -0.25) is 4.79 Å². The summed E-state index contributed by atoms with van der Waals surface area (Å²) in [6, 6.07) is 0. The molecule has 0 bridgehead atoms. The van der Waals surface area contributed by atoms with Crippen LogP contribution in [0.4, 0.5) is 0 Å². The fraction of sp³-hybridized carbons (Fsp3) is 0.750. The number of nitrogens with one attached hydrogen (secondary N) is 1. The lowest BCUT2D eigenvalue weighted by Gasteiger charge is -2.57. The molecule has 1 saturated carbocycles. The Morgan fingerprint density at radius 3 is 2.75 bits per heavy atom. The molecule has 2 atom stereocenters. The first-order valence-corrected chi connectivity index (χ1v) is 5.69. The molecule has 4 heteroatoms. The van der Waals surface area contributed by atoms with Crippen LogP contribution in [0, 0.1) is 5.41 Å². The first-order valence-electron chi connectivity index (χ1n) is 5.69. The van der Waals surface area contributed by atoms with E-state index in [1.165, 1.54) is 0 Å². The van der Waals surface area contributed by atoms with Crippen LogP contribution in [0.25, 0.3) is 0 Å². The molecule has 92 valence electrons. The number of ether oxygens (including phenoxy) is 1. The maximum absolute atomic E-state index is 11.9. The molecule has 0 radical (unpaired) electrons. The molecule has 0 spiro atoms. The van der Waals surface area contributed by atoms with Crippen LogP contribution in [0.3, 0.4) is 0 Å². The van der Waals surface area contributed by atoms with Crippen LogP contribution >= 0.6 is 0 Å². The predicted molar refractivity (Wildman–Crippen MR) is 63.9 cm³/mol. The number of carbonyl (C=O) groups excluding carboxylic acids is 1. The smallest absolute Gasteiger partial charge is 0.241 e. The zero-order chi connectivity index (χ0) is 12.4. The van der Waals surface area contributed by atoms with Crippen LogP contribution in [-0.4, -0.2) is 30.7 Å². The number of rotatable bonds is 5. The van der Waals surface area contributed by atoms with Gasteiger partial charge in [0.25, 0.3) is 0 Å². The zero-order valence-electron chi connectivity index (χ0n) is 10.4. The van der Waals surface area contributed by atoms with Gasteiger partial charge >= 0.3 is 0 Å². The summed E-state index contributed by atoms with van der Waals surface area (Å²) in [4.78, 5) is 11.9. The summed E-state index contributed by atoms with van der Waals surface area (Å²) in [5.41, 5.74) is 5.01. The Morgan fingerprint density at radius 2 is 2.31 bits per heavy atom. The molecule has 1 rings (SSSR count). The Bertz CT molecular complexity index is 289. The largest absolute Gasteiger partial charge is 0.378 e. The van der Waals surface area contributed by atoms with E-state index in [1.807, 2.05) is 20.8 Å². The molecule has 0 aromatic heterocycles. The van der Waals surface area contributed by atoms with E-state index in [9.17, 15) is 4.79 Å². The average Bonchev–Trinajstić information content (AvgIpc) is 2.25. The molecule has 0 aromatic carbocycles. The number of hydrogen-bond donors (Lipinski definition) is 2. The number of hydrogen-bond acceptors (Lipinski definition) is 3. The fourth-order valence-corrected chi connectivity index (χ4v) is 2.14. The molecule has 0 heterocycles. The average molecular weight is 226 g/mol. The van der Waals surface area contributed by atoms with E-state index in [2.05, 4.69) is 11.9 Å². The van der Waals surface area contributed by atoms with Gasteiger partial charge in [-0.1, -0.05) is 19.9 Å². The van der Waals surface area contributed by atoms with Gasteiger partial charge in [0, 0.05) is 25.0 Å². The summed E-state index contributed by atoms with van der Waals surface area (Å²) in [7, 11) is 0. The van der Waals surface area contributed by atoms with Gasteiger partial charge in [-0.05, 0) is 6.92 Å². The van der Waals surface area contributed by atoms with Gasteiger partial charge in [0.2, 0.25) is 5.91 Å². The third-order valence-corrected chi connectivity index (χ3v) is 3.64. The lowest BCUT2D eigenvalue weighted by Crippen LogP contribution is -2.75. The topological polar surface area (TPSA) is 64.4 Å². The zero-order valence-corrected chi connectivity index (χ0v) is 10.4. The third-order valence-electron chi connectivity index (χ3n) is 3.64. The van der Waals surface area contributed by atoms with Crippen LogP contribution in [0.5, 0.6) is 0 Å². The van der Waals surface area contributed by atoms with E-state index in [-0.39, 0.29) is 17.4 Å². The van der Waals surface area contributed by atoms with Crippen molar-refractivity contribution in [2.45, 2.75) is 38.8 Å². The Hall–Kier alpha value is -0.870. The van der Waals surface area contributed by atoms with Crippen molar-refractivity contribution in [3.8, 4) is 0 Å². The predicted octanol–water partition coefficient (Wildman–Crippen LogP) is 0.821. The lowest BCUT2D eigenvalue weighted by molar-refractivity contribution is -0.170. The second-order valence-electron chi connectivity index (χ2n) is 4.84. The first-order chi connectivity index (χ1) is 7.40. The summed E-state index contributed by atoms with van der Waals surface area (Å²) in [6.07, 6.45) is 2.29. The molecule has 3 N–H and O–H groups in total. The monoisotopic (exact) mass is 226 g/mol. The van der Waals surface area contributed by atoms with E-state index in [4.69, 9.17) is 10.5 Å². The molecule has 0 saturated heterocycles. The summed E-state index contributed by atoms with van der Waals surface area (Å²) in [5, 5.41) is 2.76. The van der Waals surface area contributed by atoms with E-state index >= 15 is 0 Å². The van der Waals surface area contributed by atoms with Crippen molar-refractivity contribution >= 4 is 5.91 Å². The summed E-state index contributed by atoms with van der Waals surface area (Å²) in [5.74, 6) is -0.117. The molecule has 0 aromatic rings. The molecular formula is C12H22N2O2. The van der Waals surface area contributed by atoms with Crippen LogP contribution in [-0.2, 0) is 9.53 Å². The summed E-state index contributed by atoms with van der Waals surface area (Å²) >= 11 is 0. The van der Waals surface area contributed by atoms with Crippen LogP contribution in [0.1, 0.15) is 27.2 Å². The van der Waals surface area contributed by atoms with Gasteiger partial charge in [0.1, 0.15) is 5.54 Å². The van der Waals surface area contributed by atoms with Gasteiger partial charge in [-0.25, -0.2) is 0 Å². The fourth-order valence-electron chi connectivity index (χ4n) is 2.14. The molecular weight excluding hydrogens is 204 g/mol. The quantitative estimate of drug-likeness (QED) is 0.682. The van der Waals surface area contributed by atoms with Crippen molar-refractivity contribution < 1.29 is 9.53 Å². The number of nitrogens with two attached hydrogens (primary N) is 1. The van der Waals surface area contributed by atoms with Crippen molar-refractivity contribution in [3.63, 3.8) is 0 Å². The Kier molecular flexibility index (Phi) is 3.76. The van der Waals surface area contributed by atoms with Crippen LogP contribution in [0.2, 0.25) is 0 Å². The van der Waals surface area contributed by atoms with Crippen molar-refractivity contribution in [2.24, 2.45) is 11.1 Å². The normalized spacial score (nSPS) is 31.6. The maximum atomic E-state index is 11.9. The molecule has 2 unspecified atom stereocenters. The lowest BCUT2D eigenvalue weighted by atomic mass is 9.54. The second-order valence-corrected chi connectivity index (χ2v) is 4.84.